The van der Waals surface area contributed by atoms with Crippen molar-refractivity contribution in [2.75, 3.05) is 27.9 Å². The molecule has 0 radical (unpaired) electrons. The van der Waals surface area contributed by atoms with Crippen LogP contribution < -0.4 is 24.4 Å². The van der Waals surface area contributed by atoms with Crippen LogP contribution in [0.3, 0.4) is 0 Å². The summed E-state index contributed by atoms with van der Waals surface area (Å²) < 4.78 is 21.0. The number of benzene rings is 2. The van der Waals surface area contributed by atoms with E-state index in [0.717, 1.165) is 0 Å². The maximum absolute atomic E-state index is 11.9. The lowest BCUT2D eigenvalue weighted by Gasteiger charge is -2.13. The first-order chi connectivity index (χ1) is 13.5. The number of ether oxygens (including phenoxy) is 4. The molecule has 0 aliphatic carbocycles. The minimum atomic E-state index is -0.589. The van der Waals surface area contributed by atoms with Crippen LogP contribution in [0.25, 0.3) is 0 Å². The third kappa shape index (κ3) is 4.87. The third-order valence-corrected chi connectivity index (χ3v) is 3.55. The Balaban J connectivity index is 2.02. The Labute approximate surface area is 160 Å². The summed E-state index contributed by atoms with van der Waals surface area (Å²) in [4.78, 5) is 22.2. The van der Waals surface area contributed by atoms with E-state index in [1.54, 1.807) is 18.2 Å². The second-order valence-electron chi connectivity index (χ2n) is 5.23. The zero-order chi connectivity index (χ0) is 20.5. The topological polar surface area (TPSA) is 122 Å². The van der Waals surface area contributed by atoms with Crippen LogP contribution in [0.4, 0.5) is 5.69 Å². The van der Waals surface area contributed by atoms with Crippen LogP contribution in [0.5, 0.6) is 23.0 Å². The third-order valence-electron chi connectivity index (χ3n) is 3.55. The Hall–Kier alpha value is -3.82. The van der Waals surface area contributed by atoms with Gasteiger partial charge in [-0.05, 0) is 18.2 Å². The lowest BCUT2D eigenvalue weighted by atomic mass is 10.2. The number of methoxy groups -OCH3 is 3. The van der Waals surface area contributed by atoms with E-state index in [1.165, 1.54) is 45.7 Å². The molecule has 0 aliphatic rings. The predicted molar refractivity (Wildman–Crippen MR) is 100 cm³/mol. The maximum atomic E-state index is 11.9. The summed E-state index contributed by atoms with van der Waals surface area (Å²) >= 11 is 0. The number of amides is 1. The molecule has 2 rings (SSSR count). The number of nitrogens with zero attached hydrogens (tertiary/aromatic N) is 2. The van der Waals surface area contributed by atoms with Gasteiger partial charge in [0.1, 0.15) is 0 Å². The molecule has 0 atom stereocenters. The number of para-hydroxylation sites is 2. The van der Waals surface area contributed by atoms with Gasteiger partial charge >= 0.3 is 5.69 Å². The number of hydrogen-bond donors (Lipinski definition) is 1. The number of nitro groups is 1. The summed E-state index contributed by atoms with van der Waals surface area (Å²) in [6, 6.07) is 9.12. The molecule has 0 unspecified atom stereocenters. The van der Waals surface area contributed by atoms with Gasteiger partial charge in [0.25, 0.3) is 5.91 Å². The number of nitrogens with one attached hydrogen (secondary N) is 1. The molecule has 1 amide bonds. The van der Waals surface area contributed by atoms with Crippen LogP contribution in [-0.2, 0) is 4.79 Å². The van der Waals surface area contributed by atoms with Crippen molar-refractivity contribution in [3.05, 3.63) is 52.1 Å². The highest BCUT2D eigenvalue weighted by Crippen LogP contribution is 2.38. The Morgan fingerprint density at radius 2 is 1.79 bits per heavy atom. The molecule has 0 fully saturated rings. The lowest BCUT2D eigenvalue weighted by Crippen LogP contribution is -2.24. The Bertz CT molecular complexity index is 883. The van der Waals surface area contributed by atoms with Crippen molar-refractivity contribution in [1.82, 2.24) is 5.43 Å². The summed E-state index contributed by atoms with van der Waals surface area (Å²) in [6.07, 6.45) is 1.36. The van der Waals surface area contributed by atoms with Crippen molar-refractivity contribution in [2.24, 2.45) is 5.10 Å². The van der Waals surface area contributed by atoms with Crippen molar-refractivity contribution in [2.45, 2.75) is 0 Å². The largest absolute Gasteiger partial charge is 0.493 e. The van der Waals surface area contributed by atoms with Crippen molar-refractivity contribution < 1.29 is 28.7 Å². The maximum Gasteiger partial charge on any atom is 0.310 e. The van der Waals surface area contributed by atoms with Gasteiger partial charge in [0.2, 0.25) is 5.75 Å². The standard InChI is InChI=1S/C18H19N3O7/c1-25-15-9-8-12(17(26-2)18(15)27-3)10-19-20-16(22)11-28-14-7-5-4-6-13(14)21(23)24/h4-10H,11H2,1-3H3,(H,20,22)/b19-10+. The first-order valence-corrected chi connectivity index (χ1v) is 7.98. The van der Waals surface area contributed by atoms with Gasteiger partial charge in [0, 0.05) is 11.6 Å². The fraction of sp³-hybridized carbons (Fsp3) is 0.222. The smallest absolute Gasteiger partial charge is 0.310 e. The molecule has 2 aromatic carbocycles. The minimum Gasteiger partial charge on any atom is -0.493 e. The van der Waals surface area contributed by atoms with E-state index in [9.17, 15) is 14.9 Å². The average molecular weight is 389 g/mol. The zero-order valence-electron chi connectivity index (χ0n) is 15.5. The second kappa shape index (κ2) is 9.76. The van der Waals surface area contributed by atoms with Gasteiger partial charge < -0.3 is 18.9 Å². The summed E-state index contributed by atoms with van der Waals surface area (Å²) in [5.74, 6) is 0.663. The van der Waals surface area contributed by atoms with Crippen LogP contribution >= 0.6 is 0 Å². The number of carbonyl (C=O) groups is 1. The van der Waals surface area contributed by atoms with Crippen LogP contribution in [0, 0.1) is 10.1 Å². The van der Waals surface area contributed by atoms with Crippen molar-refractivity contribution in [3.63, 3.8) is 0 Å². The summed E-state index contributed by atoms with van der Waals surface area (Å²) in [6.45, 7) is -0.439. The van der Waals surface area contributed by atoms with Gasteiger partial charge in [0.15, 0.2) is 23.9 Å². The molecule has 0 heterocycles. The van der Waals surface area contributed by atoms with Gasteiger partial charge in [-0.15, -0.1) is 0 Å². The summed E-state index contributed by atoms with van der Waals surface area (Å²) in [5, 5.41) is 14.8. The number of nitro benzene ring substituents is 1. The predicted octanol–water partition coefficient (Wildman–Crippen LogP) is 2.15. The van der Waals surface area contributed by atoms with E-state index in [0.29, 0.717) is 22.8 Å². The van der Waals surface area contributed by atoms with Crippen molar-refractivity contribution >= 4 is 17.8 Å². The number of carbonyl (C=O) groups excluding carboxylic acids is 1. The Morgan fingerprint density at radius 1 is 1.07 bits per heavy atom. The summed E-state index contributed by atoms with van der Waals surface area (Å²) in [7, 11) is 4.44. The monoisotopic (exact) mass is 389 g/mol. The van der Waals surface area contributed by atoms with Crippen molar-refractivity contribution in [3.8, 4) is 23.0 Å². The van der Waals surface area contributed by atoms with E-state index in [1.807, 2.05) is 0 Å². The fourth-order valence-corrected chi connectivity index (χ4v) is 2.31. The molecule has 2 aromatic rings. The normalized spacial score (nSPS) is 10.4. The molecule has 28 heavy (non-hydrogen) atoms. The highest BCUT2D eigenvalue weighted by atomic mass is 16.6. The van der Waals surface area contributed by atoms with Crippen molar-refractivity contribution in [1.29, 1.82) is 0 Å². The van der Waals surface area contributed by atoms with Crippen LogP contribution in [0.2, 0.25) is 0 Å². The van der Waals surface area contributed by atoms with E-state index in [4.69, 9.17) is 18.9 Å². The molecule has 0 saturated heterocycles. The van der Waals surface area contributed by atoms with E-state index in [2.05, 4.69) is 10.5 Å². The summed E-state index contributed by atoms with van der Waals surface area (Å²) in [5.41, 5.74) is 2.59. The Kier molecular flexibility index (Phi) is 7.14. The second-order valence-corrected chi connectivity index (χ2v) is 5.23. The fourth-order valence-electron chi connectivity index (χ4n) is 2.31. The first-order valence-electron chi connectivity index (χ1n) is 7.98. The molecule has 1 N–H and O–H groups in total. The average Bonchev–Trinajstić information content (AvgIpc) is 2.71. The van der Waals surface area contributed by atoms with E-state index < -0.39 is 17.4 Å². The quantitative estimate of drug-likeness (QED) is 0.396. The minimum absolute atomic E-state index is 0.00631. The molecular formula is C18H19N3O7. The van der Waals surface area contributed by atoms with Crippen LogP contribution in [-0.4, -0.2) is 45.0 Å². The van der Waals surface area contributed by atoms with Crippen LogP contribution in [0.1, 0.15) is 5.56 Å². The number of rotatable bonds is 9. The molecule has 0 bridgehead atoms. The van der Waals surface area contributed by atoms with Gasteiger partial charge in [-0.2, -0.15) is 5.10 Å². The molecule has 0 saturated carbocycles. The molecule has 0 aliphatic heterocycles. The number of hydrogen-bond acceptors (Lipinski definition) is 8. The molecule has 10 nitrogen and oxygen atoms in total. The number of hydrazone groups is 1. The Morgan fingerprint density at radius 3 is 2.43 bits per heavy atom. The lowest BCUT2D eigenvalue weighted by molar-refractivity contribution is -0.385. The molecular weight excluding hydrogens is 370 g/mol. The molecule has 0 aromatic heterocycles. The first kappa shape index (κ1) is 20.5. The highest BCUT2D eigenvalue weighted by Gasteiger charge is 2.16. The SMILES string of the molecule is COc1ccc(/C=N/NC(=O)COc2ccccc2[N+](=O)[O-])c(OC)c1OC. The molecule has 148 valence electrons. The van der Waals surface area contributed by atoms with E-state index >= 15 is 0 Å². The van der Waals surface area contributed by atoms with Gasteiger partial charge in [0.05, 0.1) is 32.5 Å². The molecule has 0 spiro atoms. The zero-order valence-corrected chi connectivity index (χ0v) is 15.5. The van der Waals surface area contributed by atoms with Crippen LogP contribution in [0.15, 0.2) is 41.5 Å². The van der Waals surface area contributed by atoms with Gasteiger partial charge in [-0.25, -0.2) is 5.43 Å². The van der Waals surface area contributed by atoms with E-state index in [-0.39, 0.29) is 11.4 Å². The molecule has 10 heteroatoms. The highest BCUT2D eigenvalue weighted by molar-refractivity contribution is 5.87. The van der Waals surface area contributed by atoms with Gasteiger partial charge in [-0.3, -0.25) is 14.9 Å². The van der Waals surface area contributed by atoms with Gasteiger partial charge in [-0.1, -0.05) is 12.1 Å².